The molecular formula is C12H20N2O4. The zero-order valence-corrected chi connectivity index (χ0v) is 11.0. The first-order valence-electron chi connectivity index (χ1n) is 5.74. The molecule has 1 aliphatic carbocycles. The van der Waals surface area contributed by atoms with E-state index in [-0.39, 0.29) is 12.5 Å². The molecule has 1 saturated carbocycles. The summed E-state index contributed by atoms with van der Waals surface area (Å²) in [6.07, 6.45) is 0.958. The standard InChI is InChI=1S/C12H20N2O4/c1-5-8-6-12(8,7-17-9(13)15)14-10(16)18-11(2,3)4/h5,8H,1,6-7H2,2-4H3,(H2,13,15)(H,14,16). The van der Waals surface area contributed by atoms with Gasteiger partial charge in [-0.05, 0) is 27.2 Å². The van der Waals surface area contributed by atoms with Crippen LogP contribution < -0.4 is 11.1 Å². The molecule has 2 atom stereocenters. The van der Waals surface area contributed by atoms with Crippen molar-refractivity contribution in [3.63, 3.8) is 0 Å². The molecule has 0 aromatic heterocycles. The van der Waals surface area contributed by atoms with E-state index in [1.54, 1.807) is 26.8 Å². The third-order valence-corrected chi connectivity index (χ3v) is 2.64. The summed E-state index contributed by atoms with van der Waals surface area (Å²) in [4.78, 5) is 22.3. The molecule has 6 heteroatoms. The van der Waals surface area contributed by atoms with Crippen molar-refractivity contribution in [3.05, 3.63) is 12.7 Å². The summed E-state index contributed by atoms with van der Waals surface area (Å²) in [5.74, 6) is 0.0596. The van der Waals surface area contributed by atoms with Gasteiger partial charge < -0.3 is 20.5 Å². The van der Waals surface area contributed by atoms with Crippen molar-refractivity contribution in [2.75, 3.05) is 6.61 Å². The second-order valence-electron chi connectivity index (χ2n) is 5.44. The lowest BCUT2D eigenvalue weighted by molar-refractivity contribution is 0.0454. The van der Waals surface area contributed by atoms with Crippen molar-refractivity contribution in [3.8, 4) is 0 Å². The summed E-state index contributed by atoms with van der Waals surface area (Å²) >= 11 is 0. The maximum Gasteiger partial charge on any atom is 0.408 e. The van der Waals surface area contributed by atoms with Crippen LogP contribution in [0.3, 0.4) is 0 Å². The minimum absolute atomic E-state index is 0.0261. The largest absolute Gasteiger partial charge is 0.447 e. The number of ether oxygens (including phenoxy) is 2. The highest BCUT2D eigenvalue weighted by molar-refractivity contribution is 5.70. The van der Waals surface area contributed by atoms with Crippen molar-refractivity contribution in [2.45, 2.75) is 38.3 Å². The van der Waals surface area contributed by atoms with Crippen LogP contribution in [0, 0.1) is 5.92 Å². The molecule has 0 aliphatic heterocycles. The van der Waals surface area contributed by atoms with Crippen LogP contribution in [0.15, 0.2) is 12.7 Å². The second-order valence-corrected chi connectivity index (χ2v) is 5.44. The van der Waals surface area contributed by atoms with Gasteiger partial charge in [0, 0.05) is 5.92 Å². The molecular weight excluding hydrogens is 236 g/mol. The third-order valence-electron chi connectivity index (χ3n) is 2.64. The number of carbonyl (C=O) groups is 2. The van der Waals surface area contributed by atoms with Crippen molar-refractivity contribution in [2.24, 2.45) is 11.7 Å². The summed E-state index contributed by atoms with van der Waals surface area (Å²) in [7, 11) is 0. The zero-order valence-electron chi connectivity index (χ0n) is 11.0. The molecule has 3 N–H and O–H groups in total. The molecule has 102 valence electrons. The van der Waals surface area contributed by atoms with Gasteiger partial charge in [-0.3, -0.25) is 0 Å². The quantitative estimate of drug-likeness (QED) is 0.747. The van der Waals surface area contributed by atoms with E-state index in [9.17, 15) is 9.59 Å². The lowest BCUT2D eigenvalue weighted by atomic mass is 10.2. The minimum atomic E-state index is -0.866. The molecule has 0 aromatic carbocycles. The average molecular weight is 256 g/mol. The van der Waals surface area contributed by atoms with E-state index < -0.39 is 23.3 Å². The number of amides is 2. The molecule has 0 radical (unpaired) electrons. The lowest BCUT2D eigenvalue weighted by Gasteiger charge is -2.23. The van der Waals surface area contributed by atoms with Gasteiger partial charge in [0.2, 0.25) is 0 Å². The van der Waals surface area contributed by atoms with Crippen molar-refractivity contribution in [1.29, 1.82) is 0 Å². The molecule has 0 bridgehead atoms. The Morgan fingerprint density at radius 1 is 1.56 bits per heavy atom. The Morgan fingerprint density at radius 2 is 2.17 bits per heavy atom. The maximum absolute atomic E-state index is 11.7. The fraction of sp³-hybridized carbons (Fsp3) is 0.667. The first kappa shape index (κ1) is 14.3. The van der Waals surface area contributed by atoms with Crippen LogP contribution >= 0.6 is 0 Å². The lowest BCUT2D eigenvalue weighted by Crippen LogP contribution is -2.45. The first-order chi connectivity index (χ1) is 8.18. The topological polar surface area (TPSA) is 90.6 Å². The van der Waals surface area contributed by atoms with Gasteiger partial charge >= 0.3 is 12.2 Å². The molecule has 0 aromatic rings. The number of hydrogen-bond acceptors (Lipinski definition) is 4. The Balaban J connectivity index is 2.56. The van der Waals surface area contributed by atoms with Gasteiger partial charge in [-0.25, -0.2) is 9.59 Å². The number of primary amides is 1. The first-order valence-corrected chi connectivity index (χ1v) is 5.74. The van der Waals surface area contributed by atoms with E-state index in [1.807, 2.05) is 0 Å². The van der Waals surface area contributed by atoms with Gasteiger partial charge in [0.05, 0.1) is 5.54 Å². The zero-order chi connectivity index (χ0) is 14.0. The van der Waals surface area contributed by atoms with Crippen LogP contribution in [0.1, 0.15) is 27.2 Å². The summed E-state index contributed by atoms with van der Waals surface area (Å²) in [5.41, 5.74) is 3.72. The molecule has 2 amide bonds. The van der Waals surface area contributed by atoms with Gasteiger partial charge in [-0.15, -0.1) is 6.58 Å². The predicted molar refractivity (Wildman–Crippen MR) is 65.9 cm³/mol. The summed E-state index contributed by atoms with van der Waals surface area (Å²) < 4.78 is 9.91. The Morgan fingerprint density at radius 3 is 2.56 bits per heavy atom. The third kappa shape index (κ3) is 3.94. The Labute approximate surface area is 106 Å². The number of carbonyl (C=O) groups excluding carboxylic acids is 2. The van der Waals surface area contributed by atoms with Crippen molar-refractivity contribution in [1.82, 2.24) is 5.32 Å². The summed E-state index contributed by atoms with van der Waals surface area (Å²) in [6.45, 7) is 9.01. The van der Waals surface area contributed by atoms with Gasteiger partial charge in [0.15, 0.2) is 0 Å². The Bertz CT molecular complexity index is 362. The number of nitrogens with one attached hydrogen (secondary N) is 1. The molecule has 0 saturated heterocycles. The predicted octanol–water partition coefficient (Wildman–Crippen LogP) is 1.55. The van der Waals surface area contributed by atoms with E-state index in [2.05, 4.69) is 11.9 Å². The highest BCUT2D eigenvalue weighted by Crippen LogP contribution is 2.44. The van der Waals surface area contributed by atoms with Gasteiger partial charge in [0.1, 0.15) is 12.2 Å². The Kier molecular flexibility index (Phi) is 3.88. The number of alkyl carbamates (subject to hydrolysis) is 1. The SMILES string of the molecule is C=CC1CC1(COC(N)=O)NC(=O)OC(C)(C)C. The highest BCUT2D eigenvalue weighted by Gasteiger charge is 2.55. The molecule has 2 unspecified atom stereocenters. The van der Waals surface area contributed by atoms with Gasteiger partial charge in [-0.2, -0.15) is 0 Å². The van der Waals surface area contributed by atoms with Gasteiger partial charge in [0.25, 0.3) is 0 Å². The summed E-state index contributed by atoms with van der Waals surface area (Å²) in [5, 5.41) is 2.72. The molecule has 1 rings (SSSR count). The van der Waals surface area contributed by atoms with Gasteiger partial charge in [-0.1, -0.05) is 6.08 Å². The van der Waals surface area contributed by atoms with Crippen LogP contribution in [0.2, 0.25) is 0 Å². The Hall–Kier alpha value is -1.72. The van der Waals surface area contributed by atoms with E-state index in [0.29, 0.717) is 6.42 Å². The number of nitrogens with two attached hydrogens (primary N) is 1. The average Bonchev–Trinajstić information content (AvgIpc) is 2.86. The van der Waals surface area contributed by atoms with E-state index in [4.69, 9.17) is 15.2 Å². The molecule has 18 heavy (non-hydrogen) atoms. The van der Waals surface area contributed by atoms with Crippen LogP contribution in [-0.4, -0.2) is 29.9 Å². The van der Waals surface area contributed by atoms with E-state index >= 15 is 0 Å². The van der Waals surface area contributed by atoms with Crippen LogP contribution in [0.5, 0.6) is 0 Å². The number of hydrogen-bond donors (Lipinski definition) is 2. The van der Waals surface area contributed by atoms with Crippen LogP contribution in [0.25, 0.3) is 0 Å². The van der Waals surface area contributed by atoms with E-state index in [0.717, 1.165) is 0 Å². The van der Waals surface area contributed by atoms with Crippen LogP contribution in [0.4, 0.5) is 9.59 Å². The molecule has 0 heterocycles. The van der Waals surface area contributed by atoms with Crippen molar-refractivity contribution < 1.29 is 19.1 Å². The molecule has 1 fully saturated rings. The molecule has 6 nitrogen and oxygen atoms in total. The van der Waals surface area contributed by atoms with Crippen LogP contribution in [-0.2, 0) is 9.47 Å². The number of rotatable bonds is 4. The fourth-order valence-electron chi connectivity index (χ4n) is 1.69. The molecule has 0 spiro atoms. The normalized spacial score (nSPS) is 26.1. The smallest absolute Gasteiger partial charge is 0.408 e. The fourth-order valence-corrected chi connectivity index (χ4v) is 1.69. The monoisotopic (exact) mass is 256 g/mol. The molecule has 1 aliphatic rings. The highest BCUT2D eigenvalue weighted by atomic mass is 16.6. The summed E-state index contributed by atoms with van der Waals surface area (Å²) in [6, 6.07) is 0. The second kappa shape index (κ2) is 4.88. The maximum atomic E-state index is 11.7. The van der Waals surface area contributed by atoms with E-state index in [1.165, 1.54) is 0 Å². The van der Waals surface area contributed by atoms with Crippen molar-refractivity contribution >= 4 is 12.2 Å². The minimum Gasteiger partial charge on any atom is -0.447 e.